The maximum atomic E-state index is 13.9. The van der Waals surface area contributed by atoms with Crippen molar-refractivity contribution in [2.75, 3.05) is 26.2 Å². The molecule has 1 saturated heterocycles. The van der Waals surface area contributed by atoms with E-state index < -0.39 is 26.6 Å². The quantitative estimate of drug-likeness (QED) is 0.769. The largest absolute Gasteiger partial charge is 0.360 e. The van der Waals surface area contributed by atoms with Gasteiger partial charge in [0, 0.05) is 32.1 Å². The fraction of sp³-hybridized carbons (Fsp3) is 0.444. The lowest BCUT2D eigenvalue weighted by atomic mass is 10.0. The number of piperazine rings is 1. The molecular weight excluding hydrogens is 392 g/mol. The minimum absolute atomic E-state index is 0.0363. The van der Waals surface area contributed by atoms with Crippen molar-refractivity contribution in [3.8, 4) is 0 Å². The molecule has 2 heterocycles. The molecule has 1 aromatic heterocycles. The average molecular weight is 413 g/mol. The SMILES string of the molecule is Cc1noc(C(C)C)c1C(=O)N1CCN(S(=O)(=O)c2c(F)cccc2F)CC1. The number of nitrogens with zero attached hydrogens (tertiary/aromatic N) is 3. The standard InChI is InChI=1S/C18H21F2N3O4S/c1-11(2)16-15(12(3)21-27-16)18(24)22-7-9-23(10-8-22)28(25,26)17-13(19)5-4-6-14(17)20/h4-6,11H,7-10H2,1-3H3. The van der Waals surface area contributed by atoms with Crippen LogP contribution in [0.4, 0.5) is 8.78 Å². The minimum atomic E-state index is -4.34. The molecule has 0 atom stereocenters. The van der Waals surface area contributed by atoms with Gasteiger partial charge >= 0.3 is 0 Å². The lowest BCUT2D eigenvalue weighted by molar-refractivity contribution is 0.0694. The second-order valence-corrected chi connectivity index (χ2v) is 8.78. The molecule has 0 radical (unpaired) electrons. The molecule has 0 bridgehead atoms. The van der Waals surface area contributed by atoms with E-state index in [1.807, 2.05) is 13.8 Å². The van der Waals surface area contributed by atoms with Crippen LogP contribution in [0.2, 0.25) is 0 Å². The summed E-state index contributed by atoms with van der Waals surface area (Å²) in [4.78, 5) is 13.4. The van der Waals surface area contributed by atoms with Gasteiger partial charge in [-0.2, -0.15) is 4.31 Å². The highest BCUT2D eigenvalue weighted by molar-refractivity contribution is 7.89. The fourth-order valence-corrected chi connectivity index (χ4v) is 4.72. The molecule has 1 aromatic carbocycles. The number of rotatable bonds is 4. The van der Waals surface area contributed by atoms with Crippen LogP contribution in [0, 0.1) is 18.6 Å². The van der Waals surface area contributed by atoms with Crippen LogP contribution in [0.1, 0.15) is 41.6 Å². The Bertz CT molecular complexity index is 976. The predicted molar refractivity (Wildman–Crippen MR) is 96.3 cm³/mol. The molecule has 1 fully saturated rings. The summed E-state index contributed by atoms with van der Waals surface area (Å²) < 4.78 is 59.4. The summed E-state index contributed by atoms with van der Waals surface area (Å²) >= 11 is 0. The number of hydrogen-bond donors (Lipinski definition) is 0. The van der Waals surface area contributed by atoms with Crippen LogP contribution in [0.15, 0.2) is 27.6 Å². The Hall–Kier alpha value is -2.33. The highest BCUT2D eigenvalue weighted by Gasteiger charge is 2.35. The monoisotopic (exact) mass is 413 g/mol. The van der Waals surface area contributed by atoms with Gasteiger partial charge < -0.3 is 9.42 Å². The van der Waals surface area contributed by atoms with Crippen molar-refractivity contribution in [2.24, 2.45) is 0 Å². The van der Waals surface area contributed by atoms with E-state index >= 15 is 0 Å². The van der Waals surface area contributed by atoms with Crippen LogP contribution in [0.3, 0.4) is 0 Å². The topological polar surface area (TPSA) is 83.7 Å². The first-order valence-corrected chi connectivity index (χ1v) is 10.3. The summed E-state index contributed by atoms with van der Waals surface area (Å²) in [5, 5.41) is 3.85. The molecule has 0 spiro atoms. The van der Waals surface area contributed by atoms with E-state index in [1.54, 1.807) is 6.92 Å². The van der Waals surface area contributed by atoms with Gasteiger partial charge in [0.1, 0.15) is 17.2 Å². The van der Waals surface area contributed by atoms with Crippen molar-refractivity contribution < 1.29 is 26.5 Å². The second-order valence-electron chi connectivity index (χ2n) is 6.91. The maximum absolute atomic E-state index is 13.9. The molecule has 0 N–H and O–H groups in total. The summed E-state index contributed by atoms with van der Waals surface area (Å²) in [7, 11) is -4.34. The maximum Gasteiger partial charge on any atom is 0.259 e. The Morgan fingerprint density at radius 3 is 2.25 bits per heavy atom. The zero-order valence-corrected chi connectivity index (χ0v) is 16.6. The second kappa shape index (κ2) is 7.59. The van der Waals surface area contributed by atoms with Crippen LogP contribution < -0.4 is 0 Å². The molecule has 0 aliphatic carbocycles. The Balaban J connectivity index is 1.78. The van der Waals surface area contributed by atoms with Crippen LogP contribution >= 0.6 is 0 Å². The molecular formula is C18H21F2N3O4S. The highest BCUT2D eigenvalue weighted by atomic mass is 32.2. The van der Waals surface area contributed by atoms with Gasteiger partial charge in [0.25, 0.3) is 5.91 Å². The molecule has 1 amide bonds. The van der Waals surface area contributed by atoms with Gasteiger partial charge in [0.15, 0.2) is 10.7 Å². The molecule has 28 heavy (non-hydrogen) atoms. The predicted octanol–water partition coefficient (Wildman–Crippen LogP) is 2.53. The van der Waals surface area contributed by atoms with Gasteiger partial charge in [0.2, 0.25) is 10.0 Å². The molecule has 1 aliphatic heterocycles. The number of halogens is 2. The molecule has 1 aliphatic rings. The van der Waals surface area contributed by atoms with Crippen molar-refractivity contribution in [1.29, 1.82) is 0 Å². The van der Waals surface area contributed by atoms with Crippen molar-refractivity contribution in [3.05, 3.63) is 46.9 Å². The Kier molecular flexibility index (Phi) is 5.53. The number of benzene rings is 1. The number of aryl methyl sites for hydroxylation is 1. The molecule has 3 rings (SSSR count). The molecule has 7 nitrogen and oxygen atoms in total. The highest BCUT2D eigenvalue weighted by Crippen LogP contribution is 2.26. The van der Waals surface area contributed by atoms with Gasteiger partial charge in [-0.25, -0.2) is 17.2 Å². The van der Waals surface area contributed by atoms with E-state index in [9.17, 15) is 22.0 Å². The number of carbonyl (C=O) groups is 1. The van der Waals surface area contributed by atoms with E-state index in [1.165, 1.54) is 4.90 Å². The molecule has 152 valence electrons. The lowest BCUT2D eigenvalue weighted by Crippen LogP contribution is -2.50. The summed E-state index contributed by atoms with van der Waals surface area (Å²) in [6, 6.07) is 2.91. The van der Waals surface area contributed by atoms with Crippen LogP contribution in [-0.4, -0.2) is 54.9 Å². The third kappa shape index (κ3) is 3.53. The minimum Gasteiger partial charge on any atom is -0.360 e. The van der Waals surface area contributed by atoms with E-state index in [2.05, 4.69) is 5.16 Å². The average Bonchev–Trinajstić information content (AvgIpc) is 3.02. The first-order valence-electron chi connectivity index (χ1n) is 8.84. The fourth-order valence-electron chi connectivity index (χ4n) is 3.19. The normalized spacial score (nSPS) is 16.0. The summed E-state index contributed by atoms with van der Waals surface area (Å²) in [5.74, 6) is -2.13. The van der Waals surface area contributed by atoms with Crippen molar-refractivity contribution >= 4 is 15.9 Å². The number of hydrogen-bond acceptors (Lipinski definition) is 5. The van der Waals surface area contributed by atoms with E-state index in [-0.39, 0.29) is 38.0 Å². The smallest absolute Gasteiger partial charge is 0.259 e. The van der Waals surface area contributed by atoms with Gasteiger partial charge in [-0.1, -0.05) is 25.1 Å². The Morgan fingerprint density at radius 1 is 1.14 bits per heavy atom. The molecule has 10 heteroatoms. The first-order chi connectivity index (χ1) is 13.1. The van der Waals surface area contributed by atoms with Crippen LogP contribution in [-0.2, 0) is 10.0 Å². The number of amides is 1. The van der Waals surface area contributed by atoms with Crippen LogP contribution in [0.5, 0.6) is 0 Å². The number of carbonyl (C=O) groups excluding carboxylic acids is 1. The number of aromatic nitrogens is 1. The summed E-state index contributed by atoms with van der Waals surface area (Å²) in [6.07, 6.45) is 0. The van der Waals surface area contributed by atoms with Gasteiger partial charge in [0.05, 0.1) is 5.69 Å². The van der Waals surface area contributed by atoms with E-state index in [4.69, 9.17) is 4.52 Å². The third-order valence-electron chi connectivity index (χ3n) is 4.67. The molecule has 2 aromatic rings. The molecule has 0 saturated carbocycles. The van der Waals surface area contributed by atoms with Crippen molar-refractivity contribution in [1.82, 2.24) is 14.4 Å². The zero-order chi connectivity index (χ0) is 20.6. The van der Waals surface area contributed by atoms with Crippen LogP contribution in [0.25, 0.3) is 0 Å². The van der Waals surface area contributed by atoms with Gasteiger partial charge in [-0.3, -0.25) is 4.79 Å². The van der Waals surface area contributed by atoms with E-state index in [0.29, 0.717) is 17.0 Å². The van der Waals surface area contributed by atoms with Gasteiger partial charge in [-0.15, -0.1) is 0 Å². The molecule has 0 unspecified atom stereocenters. The summed E-state index contributed by atoms with van der Waals surface area (Å²) in [5.41, 5.74) is 0.851. The van der Waals surface area contributed by atoms with E-state index in [0.717, 1.165) is 22.5 Å². The summed E-state index contributed by atoms with van der Waals surface area (Å²) in [6.45, 7) is 5.48. The lowest BCUT2D eigenvalue weighted by Gasteiger charge is -2.34. The third-order valence-corrected chi connectivity index (χ3v) is 6.62. The zero-order valence-electron chi connectivity index (χ0n) is 15.8. The Morgan fingerprint density at radius 2 is 1.71 bits per heavy atom. The van der Waals surface area contributed by atoms with Crippen molar-refractivity contribution in [2.45, 2.75) is 31.6 Å². The van der Waals surface area contributed by atoms with Crippen molar-refractivity contribution in [3.63, 3.8) is 0 Å². The van der Waals surface area contributed by atoms with Gasteiger partial charge in [-0.05, 0) is 19.1 Å². The Labute approximate surface area is 162 Å². The number of sulfonamides is 1. The first kappa shape index (κ1) is 20.4.